The van der Waals surface area contributed by atoms with Crippen molar-refractivity contribution >= 4 is 17.4 Å². The molecule has 0 aliphatic rings. The number of hydrogen-bond donors (Lipinski definition) is 5. The van der Waals surface area contributed by atoms with Crippen LogP contribution in [-0.4, -0.2) is 35.8 Å². The molecule has 9 nitrogen and oxygen atoms in total. The third-order valence-corrected chi connectivity index (χ3v) is 6.32. The normalized spacial score (nSPS) is 12.7. The molecule has 9 heteroatoms. The monoisotopic (exact) mass is 540 g/mol. The highest BCUT2D eigenvalue weighted by atomic mass is 16.5. The van der Waals surface area contributed by atoms with Gasteiger partial charge in [0, 0.05) is 11.3 Å². The minimum absolute atomic E-state index is 0.0229. The molecule has 4 rings (SSSR count). The van der Waals surface area contributed by atoms with Crippen molar-refractivity contribution in [2.24, 2.45) is 10.9 Å². The highest BCUT2D eigenvalue weighted by molar-refractivity contribution is 5.97. The van der Waals surface area contributed by atoms with Gasteiger partial charge in [-0.2, -0.15) is 0 Å². The smallest absolute Gasteiger partial charge is 0.247 e. The fraction of sp³-hybridized carbons (Fsp3) is 0.161. The molecule has 40 heavy (non-hydrogen) atoms. The molecule has 2 atom stereocenters. The standard InChI is InChI=1S/C31H32N4O5/c1-39-28-18-24(14-17-27(28)40-20-21-8-4-2-5-9-21)29(33-25-15-12-23(13-16-25)30(32)35-38)31(37)34-26(19-36)22-10-6-3-7-11-22/h2-18,26,29,33,36,38H,19-20H2,1H3,(H2,32,35)(H,34,37)/t26-,29-/m1/s1. The molecular weight excluding hydrogens is 508 g/mol. The Kier molecular flexibility index (Phi) is 9.58. The first-order valence-electron chi connectivity index (χ1n) is 12.7. The highest BCUT2D eigenvalue weighted by Gasteiger charge is 2.25. The van der Waals surface area contributed by atoms with Crippen molar-refractivity contribution < 1.29 is 24.6 Å². The number of ether oxygens (including phenoxy) is 2. The van der Waals surface area contributed by atoms with Crippen LogP contribution in [0.1, 0.15) is 34.3 Å². The number of methoxy groups -OCH3 is 1. The predicted octanol–water partition coefficient (Wildman–Crippen LogP) is 4.37. The summed E-state index contributed by atoms with van der Waals surface area (Å²) in [5, 5.41) is 28.2. The first-order chi connectivity index (χ1) is 19.5. The lowest BCUT2D eigenvalue weighted by Crippen LogP contribution is -2.37. The Hall–Kier alpha value is -5.02. The van der Waals surface area contributed by atoms with E-state index in [2.05, 4.69) is 15.8 Å². The number of rotatable bonds is 12. The molecule has 6 N–H and O–H groups in total. The average molecular weight is 541 g/mol. The summed E-state index contributed by atoms with van der Waals surface area (Å²) in [6, 6.07) is 29.7. The fourth-order valence-electron chi connectivity index (χ4n) is 4.15. The summed E-state index contributed by atoms with van der Waals surface area (Å²) >= 11 is 0. The summed E-state index contributed by atoms with van der Waals surface area (Å²) in [6.07, 6.45) is 0. The first-order valence-corrected chi connectivity index (χ1v) is 12.7. The molecule has 0 aliphatic heterocycles. The second-order valence-corrected chi connectivity index (χ2v) is 8.98. The van der Waals surface area contributed by atoms with E-state index in [0.29, 0.717) is 34.9 Å². The molecule has 0 unspecified atom stereocenters. The number of carbonyl (C=O) groups is 1. The average Bonchev–Trinajstić information content (AvgIpc) is 3.02. The van der Waals surface area contributed by atoms with Gasteiger partial charge in [0.05, 0.1) is 19.8 Å². The summed E-state index contributed by atoms with van der Waals surface area (Å²) < 4.78 is 11.6. The number of nitrogens with one attached hydrogen (secondary N) is 2. The van der Waals surface area contributed by atoms with E-state index in [1.807, 2.05) is 60.7 Å². The van der Waals surface area contributed by atoms with Gasteiger partial charge in [-0.3, -0.25) is 4.79 Å². The van der Waals surface area contributed by atoms with Crippen LogP contribution in [0.3, 0.4) is 0 Å². The van der Waals surface area contributed by atoms with Gasteiger partial charge < -0.3 is 36.2 Å². The van der Waals surface area contributed by atoms with Gasteiger partial charge in [0.2, 0.25) is 5.91 Å². The van der Waals surface area contributed by atoms with Gasteiger partial charge in [-0.1, -0.05) is 71.9 Å². The molecular formula is C31H32N4O5. The molecule has 0 fully saturated rings. The Morgan fingerprint density at radius 2 is 1.57 bits per heavy atom. The lowest BCUT2D eigenvalue weighted by molar-refractivity contribution is -0.123. The number of amidine groups is 1. The number of aliphatic hydroxyl groups is 1. The lowest BCUT2D eigenvalue weighted by atomic mass is 10.0. The van der Waals surface area contributed by atoms with E-state index in [4.69, 9.17) is 20.4 Å². The van der Waals surface area contributed by atoms with Crippen molar-refractivity contribution in [3.05, 3.63) is 125 Å². The number of nitrogens with zero attached hydrogens (tertiary/aromatic N) is 1. The van der Waals surface area contributed by atoms with E-state index in [0.717, 1.165) is 11.1 Å². The van der Waals surface area contributed by atoms with Crippen molar-refractivity contribution in [2.75, 3.05) is 19.0 Å². The zero-order valence-corrected chi connectivity index (χ0v) is 22.0. The minimum atomic E-state index is -0.857. The predicted molar refractivity (Wildman–Crippen MR) is 153 cm³/mol. The summed E-state index contributed by atoms with van der Waals surface area (Å²) in [4.78, 5) is 13.7. The quantitative estimate of drug-likeness (QED) is 0.0778. The van der Waals surface area contributed by atoms with E-state index in [1.165, 1.54) is 0 Å². The number of oxime groups is 1. The molecule has 0 saturated heterocycles. The zero-order valence-electron chi connectivity index (χ0n) is 22.0. The number of hydrogen-bond acceptors (Lipinski definition) is 7. The fourth-order valence-corrected chi connectivity index (χ4v) is 4.15. The SMILES string of the molecule is COc1cc([C@@H](Nc2ccc(/C(N)=N/O)cc2)C(=O)N[C@H](CO)c2ccccc2)ccc1OCc1ccccc1. The van der Waals surface area contributed by atoms with Crippen LogP contribution in [0.2, 0.25) is 0 Å². The van der Waals surface area contributed by atoms with Crippen LogP contribution < -0.4 is 25.8 Å². The van der Waals surface area contributed by atoms with Crippen LogP contribution in [0, 0.1) is 0 Å². The van der Waals surface area contributed by atoms with Crippen molar-refractivity contribution in [1.29, 1.82) is 0 Å². The highest BCUT2D eigenvalue weighted by Crippen LogP contribution is 2.33. The van der Waals surface area contributed by atoms with Crippen molar-refractivity contribution in [1.82, 2.24) is 5.32 Å². The van der Waals surface area contributed by atoms with Crippen LogP contribution in [0.4, 0.5) is 5.69 Å². The van der Waals surface area contributed by atoms with Crippen molar-refractivity contribution in [3.63, 3.8) is 0 Å². The summed E-state index contributed by atoms with van der Waals surface area (Å²) in [7, 11) is 1.54. The maximum atomic E-state index is 13.7. The largest absolute Gasteiger partial charge is 0.493 e. The number of aliphatic hydroxyl groups excluding tert-OH is 1. The molecule has 4 aromatic carbocycles. The molecule has 0 radical (unpaired) electrons. The third-order valence-electron chi connectivity index (χ3n) is 6.32. The molecule has 4 aromatic rings. The topological polar surface area (TPSA) is 138 Å². The van der Waals surface area contributed by atoms with Crippen LogP contribution in [0.5, 0.6) is 11.5 Å². The van der Waals surface area contributed by atoms with Crippen molar-refractivity contribution in [3.8, 4) is 11.5 Å². The Balaban J connectivity index is 1.62. The van der Waals surface area contributed by atoms with Crippen LogP contribution in [0.15, 0.2) is 108 Å². The van der Waals surface area contributed by atoms with E-state index in [-0.39, 0.29) is 18.3 Å². The summed E-state index contributed by atoms with van der Waals surface area (Å²) in [5.41, 5.74) is 9.25. The Labute approximate surface area is 232 Å². The minimum Gasteiger partial charge on any atom is -0.493 e. The van der Waals surface area contributed by atoms with Crippen LogP contribution >= 0.6 is 0 Å². The van der Waals surface area contributed by atoms with E-state index in [9.17, 15) is 9.90 Å². The van der Waals surface area contributed by atoms with Gasteiger partial charge in [0.1, 0.15) is 12.6 Å². The number of nitrogens with two attached hydrogens (primary N) is 1. The molecule has 0 spiro atoms. The van der Waals surface area contributed by atoms with Gasteiger partial charge in [-0.15, -0.1) is 0 Å². The first kappa shape index (κ1) is 28.0. The molecule has 0 saturated carbocycles. The van der Waals surface area contributed by atoms with Gasteiger partial charge >= 0.3 is 0 Å². The zero-order chi connectivity index (χ0) is 28.3. The Bertz CT molecular complexity index is 1410. The number of carbonyl (C=O) groups excluding carboxylic acids is 1. The Morgan fingerprint density at radius 1 is 0.900 bits per heavy atom. The maximum absolute atomic E-state index is 13.7. The second kappa shape index (κ2) is 13.7. The second-order valence-electron chi connectivity index (χ2n) is 8.98. The van der Waals surface area contributed by atoms with Gasteiger partial charge in [-0.25, -0.2) is 0 Å². The van der Waals surface area contributed by atoms with E-state index in [1.54, 1.807) is 49.6 Å². The molecule has 0 aromatic heterocycles. The number of anilines is 1. The van der Waals surface area contributed by atoms with Gasteiger partial charge in [0.25, 0.3) is 0 Å². The molecule has 1 amide bonds. The molecule has 0 heterocycles. The lowest BCUT2D eigenvalue weighted by Gasteiger charge is -2.24. The number of amides is 1. The van der Waals surface area contributed by atoms with E-state index < -0.39 is 12.1 Å². The van der Waals surface area contributed by atoms with Gasteiger partial charge in [-0.05, 0) is 53.1 Å². The third kappa shape index (κ3) is 7.09. The van der Waals surface area contributed by atoms with E-state index >= 15 is 0 Å². The Morgan fingerprint density at radius 3 is 2.20 bits per heavy atom. The van der Waals surface area contributed by atoms with Crippen molar-refractivity contribution in [2.45, 2.75) is 18.7 Å². The molecule has 0 bridgehead atoms. The molecule has 0 aliphatic carbocycles. The van der Waals surface area contributed by atoms with Crippen LogP contribution in [0.25, 0.3) is 0 Å². The molecule has 206 valence electrons. The van der Waals surface area contributed by atoms with Crippen LogP contribution in [-0.2, 0) is 11.4 Å². The number of benzene rings is 4. The summed E-state index contributed by atoms with van der Waals surface area (Å²) in [6.45, 7) is 0.0904. The summed E-state index contributed by atoms with van der Waals surface area (Å²) in [5.74, 6) is 0.626. The maximum Gasteiger partial charge on any atom is 0.247 e. The van der Waals surface area contributed by atoms with Gasteiger partial charge in [0.15, 0.2) is 17.3 Å².